The highest BCUT2D eigenvalue weighted by atomic mass is 16.5. The fourth-order valence-corrected chi connectivity index (χ4v) is 1.36. The summed E-state index contributed by atoms with van der Waals surface area (Å²) in [4.78, 5) is 33.8. The van der Waals surface area contributed by atoms with E-state index in [0.29, 0.717) is 0 Å². The molecule has 0 saturated carbocycles. The van der Waals surface area contributed by atoms with Gasteiger partial charge < -0.3 is 20.3 Å². The molecule has 2 atom stereocenters. The van der Waals surface area contributed by atoms with Crippen LogP contribution in [0.5, 0.6) is 0 Å². The molecule has 0 fully saturated rings. The van der Waals surface area contributed by atoms with Crippen molar-refractivity contribution in [3.8, 4) is 0 Å². The summed E-state index contributed by atoms with van der Waals surface area (Å²) in [6.07, 6.45) is -2.23. The van der Waals surface area contributed by atoms with Crippen LogP contribution in [0.3, 0.4) is 0 Å². The molecule has 0 aromatic heterocycles. The smallest absolute Gasteiger partial charge is 0.303 e. The summed E-state index contributed by atoms with van der Waals surface area (Å²) in [5.41, 5.74) is -0.959. The predicted octanol–water partition coefficient (Wildman–Crippen LogP) is -0.607. The van der Waals surface area contributed by atoms with Gasteiger partial charge in [0.1, 0.15) is 6.10 Å². The van der Waals surface area contributed by atoms with Crippen molar-refractivity contribution in [3.05, 3.63) is 0 Å². The topological polar surface area (TPSA) is 113 Å². The zero-order valence-electron chi connectivity index (χ0n) is 12.3. The summed E-state index contributed by atoms with van der Waals surface area (Å²) in [7, 11) is 0. The summed E-state index contributed by atoms with van der Waals surface area (Å²) in [5.74, 6) is -1.52. The van der Waals surface area contributed by atoms with Gasteiger partial charge in [0.05, 0.1) is 6.61 Å². The quantitative estimate of drug-likeness (QED) is 0.514. The average Bonchev–Trinajstić information content (AvgIpc) is 2.36. The van der Waals surface area contributed by atoms with Crippen LogP contribution < -0.4 is 5.32 Å². The number of esters is 1. The van der Waals surface area contributed by atoms with E-state index in [1.54, 1.807) is 13.8 Å². The summed E-state index contributed by atoms with van der Waals surface area (Å²) in [6, 6.07) is 0. The van der Waals surface area contributed by atoms with Crippen LogP contribution in [0.2, 0.25) is 0 Å². The van der Waals surface area contributed by atoms with E-state index in [2.05, 4.69) is 5.32 Å². The number of rotatable bonds is 8. The van der Waals surface area contributed by atoms with E-state index in [1.807, 2.05) is 0 Å². The highest BCUT2D eigenvalue weighted by Gasteiger charge is 2.32. The highest BCUT2D eigenvalue weighted by molar-refractivity contribution is 5.86. The Bertz CT molecular complexity index is 366. The average molecular weight is 289 g/mol. The van der Waals surface area contributed by atoms with Crippen LogP contribution >= 0.6 is 0 Å². The van der Waals surface area contributed by atoms with Gasteiger partial charge in [-0.25, -0.2) is 0 Å². The molecule has 1 unspecified atom stereocenters. The van der Waals surface area contributed by atoms with Gasteiger partial charge in [-0.2, -0.15) is 0 Å². The van der Waals surface area contributed by atoms with Crippen LogP contribution in [0.25, 0.3) is 0 Å². The van der Waals surface area contributed by atoms with Gasteiger partial charge in [-0.15, -0.1) is 0 Å². The zero-order chi connectivity index (χ0) is 15.9. The number of Topliss-reactive ketones (excluding diaryl/α,β-unsaturated/α-hetero) is 1. The summed E-state index contributed by atoms with van der Waals surface area (Å²) < 4.78 is 4.71. The molecular weight excluding hydrogens is 266 g/mol. The van der Waals surface area contributed by atoms with Gasteiger partial charge in [0.25, 0.3) is 0 Å². The number of nitrogens with one attached hydrogen (secondary N) is 1. The maximum Gasteiger partial charge on any atom is 0.303 e. The molecule has 0 aliphatic rings. The third-order valence-electron chi connectivity index (χ3n) is 2.86. The second-order valence-electron chi connectivity index (χ2n) is 5.31. The van der Waals surface area contributed by atoms with Crippen LogP contribution in [0, 0.1) is 5.41 Å². The van der Waals surface area contributed by atoms with Crippen molar-refractivity contribution in [1.29, 1.82) is 0 Å². The number of aliphatic hydroxyl groups excluding tert-OH is 2. The lowest BCUT2D eigenvalue weighted by Gasteiger charge is -2.27. The maximum atomic E-state index is 11.6. The van der Waals surface area contributed by atoms with E-state index in [0.717, 1.165) is 0 Å². The molecule has 0 bridgehead atoms. The van der Waals surface area contributed by atoms with Crippen LogP contribution in [0.15, 0.2) is 0 Å². The molecule has 7 nitrogen and oxygen atoms in total. The molecule has 0 rings (SSSR count). The monoisotopic (exact) mass is 289 g/mol. The number of carbonyl (C=O) groups excluding carboxylic acids is 3. The van der Waals surface area contributed by atoms with Crippen molar-refractivity contribution in [2.24, 2.45) is 5.41 Å². The van der Waals surface area contributed by atoms with Gasteiger partial charge in [0.2, 0.25) is 5.91 Å². The van der Waals surface area contributed by atoms with E-state index in [9.17, 15) is 19.5 Å². The van der Waals surface area contributed by atoms with Crippen molar-refractivity contribution in [1.82, 2.24) is 5.32 Å². The number of hydrogen-bond donors (Lipinski definition) is 3. The summed E-state index contributed by atoms with van der Waals surface area (Å²) in [5, 5.41) is 21.2. The minimum absolute atomic E-state index is 0.00748. The first-order valence-corrected chi connectivity index (χ1v) is 6.38. The third kappa shape index (κ3) is 6.12. The molecule has 3 N–H and O–H groups in total. The Morgan fingerprint density at radius 2 is 1.85 bits per heavy atom. The molecule has 116 valence electrons. The predicted molar refractivity (Wildman–Crippen MR) is 70.7 cm³/mol. The molecule has 0 radical (unpaired) electrons. The third-order valence-corrected chi connectivity index (χ3v) is 2.86. The molecule has 0 aliphatic heterocycles. The Morgan fingerprint density at radius 3 is 2.30 bits per heavy atom. The van der Waals surface area contributed by atoms with Crippen LogP contribution in [0.1, 0.15) is 34.1 Å². The van der Waals surface area contributed by atoms with Crippen molar-refractivity contribution in [3.63, 3.8) is 0 Å². The number of amides is 1. The van der Waals surface area contributed by atoms with Gasteiger partial charge in [0, 0.05) is 25.3 Å². The lowest BCUT2D eigenvalue weighted by molar-refractivity contribution is -0.152. The first kappa shape index (κ1) is 18.5. The standard InChI is InChI=1S/C13H23NO6/c1-8(20-9(2)16)10(17)5-6-14-12(19)11(18)13(3,4)7-15/h8,11,15,18H,5-7H2,1-4H3,(H,14,19)/t8?,11-/m0/s1. The number of carbonyl (C=O) groups is 3. The molecule has 0 spiro atoms. The lowest BCUT2D eigenvalue weighted by atomic mass is 9.87. The van der Waals surface area contributed by atoms with Crippen LogP contribution in [-0.4, -0.2) is 53.2 Å². The van der Waals surface area contributed by atoms with E-state index < -0.39 is 29.5 Å². The molecule has 20 heavy (non-hydrogen) atoms. The molecule has 0 aliphatic carbocycles. The fourth-order valence-electron chi connectivity index (χ4n) is 1.36. The first-order chi connectivity index (χ1) is 9.11. The van der Waals surface area contributed by atoms with Gasteiger partial charge in [-0.1, -0.05) is 13.8 Å². The van der Waals surface area contributed by atoms with E-state index in [-0.39, 0.29) is 25.4 Å². The fraction of sp³-hybridized carbons (Fsp3) is 0.769. The normalized spacial score (nSPS) is 14.3. The Kier molecular flexibility index (Phi) is 7.38. The minimum Gasteiger partial charge on any atom is -0.455 e. The molecule has 0 saturated heterocycles. The maximum absolute atomic E-state index is 11.6. The van der Waals surface area contributed by atoms with Gasteiger partial charge in [-0.3, -0.25) is 14.4 Å². The highest BCUT2D eigenvalue weighted by Crippen LogP contribution is 2.19. The Labute approximate surface area is 118 Å². The second-order valence-corrected chi connectivity index (χ2v) is 5.31. The van der Waals surface area contributed by atoms with Crippen molar-refractivity contribution in [2.75, 3.05) is 13.2 Å². The van der Waals surface area contributed by atoms with E-state index in [4.69, 9.17) is 9.84 Å². The minimum atomic E-state index is -1.37. The molecule has 0 aromatic carbocycles. The van der Waals surface area contributed by atoms with Crippen molar-refractivity contribution >= 4 is 17.7 Å². The van der Waals surface area contributed by atoms with Crippen molar-refractivity contribution < 1.29 is 29.3 Å². The van der Waals surface area contributed by atoms with E-state index >= 15 is 0 Å². The molecule has 1 amide bonds. The Hall–Kier alpha value is -1.47. The number of ether oxygens (including phenoxy) is 1. The summed E-state index contributed by atoms with van der Waals surface area (Å²) >= 11 is 0. The van der Waals surface area contributed by atoms with Crippen LogP contribution in [0.4, 0.5) is 0 Å². The summed E-state index contributed by atoms with van der Waals surface area (Å²) in [6.45, 7) is 5.44. The van der Waals surface area contributed by atoms with Crippen LogP contribution in [-0.2, 0) is 19.1 Å². The Balaban J connectivity index is 4.15. The number of ketones is 1. The first-order valence-electron chi connectivity index (χ1n) is 6.38. The Morgan fingerprint density at radius 1 is 1.30 bits per heavy atom. The number of aliphatic hydroxyl groups is 2. The second kappa shape index (κ2) is 7.96. The van der Waals surface area contributed by atoms with Crippen molar-refractivity contribution in [2.45, 2.75) is 46.3 Å². The largest absolute Gasteiger partial charge is 0.455 e. The molecule has 0 heterocycles. The number of hydrogen-bond acceptors (Lipinski definition) is 6. The molecular formula is C13H23NO6. The molecule has 7 heteroatoms. The van der Waals surface area contributed by atoms with Gasteiger partial charge >= 0.3 is 5.97 Å². The zero-order valence-corrected chi connectivity index (χ0v) is 12.3. The van der Waals surface area contributed by atoms with E-state index in [1.165, 1.54) is 13.8 Å². The van der Waals surface area contributed by atoms with Gasteiger partial charge in [-0.05, 0) is 6.92 Å². The van der Waals surface area contributed by atoms with Gasteiger partial charge in [0.15, 0.2) is 11.9 Å². The lowest BCUT2D eigenvalue weighted by Crippen LogP contribution is -2.46. The SMILES string of the molecule is CC(=O)OC(C)C(=O)CCNC(=O)[C@H](O)C(C)(C)CO. The molecule has 0 aromatic rings.